The number of anilines is 3. The monoisotopic (exact) mass is 325 g/mol. The summed E-state index contributed by atoms with van der Waals surface area (Å²) in [5, 5.41) is 10.3. The van der Waals surface area contributed by atoms with Gasteiger partial charge in [-0.25, -0.2) is 9.97 Å². The van der Waals surface area contributed by atoms with Crippen molar-refractivity contribution in [3.05, 3.63) is 53.5 Å². The Labute approximate surface area is 140 Å². The van der Waals surface area contributed by atoms with Gasteiger partial charge < -0.3 is 19.9 Å². The average molecular weight is 325 g/mol. The van der Waals surface area contributed by atoms with Crippen molar-refractivity contribution in [1.82, 2.24) is 15.1 Å². The molecule has 2 heterocycles. The zero-order valence-corrected chi connectivity index (χ0v) is 13.8. The first-order valence-electron chi connectivity index (χ1n) is 7.55. The van der Waals surface area contributed by atoms with E-state index in [1.807, 2.05) is 50.2 Å². The van der Waals surface area contributed by atoms with E-state index in [4.69, 9.17) is 9.26 Å². The van der Waals surface area contributed by atoms with E-state index in [2.05, 4.69) is 25.8 Å². The fourth-order valence-electron chi connectivity index (χ4n) is 2.21. The van der Waals surface area contributed by atoms with E-state index in [1.165, 1.54) is 0 Å². The van der Waals surface area contributed by atoms with Crippen molar-refractivity contribution in [3.8, 4) is 5.75 Å². The predicted octanol–water partition coefficient (Wildman–Crippen LogP) is 3.45. The van der Waals surface area contributed by atoms with Crippen molar-refractivity contribution in [2.75, 3.05) is 17.7 Å². The van der Waals surface area contributed by atoms with Gasteiger partial charge in [0.2, 0.25) is 0 Å². The number of benzene rings is 1. The molecule has 0 aliphatic heterocycles. The largest absolute Gasteiger partial charge is 0.497 e. The Kier molecular flexibility index (Phi) is 4.60. The summed E-state index contributed by atoms with van der Waals surface area (Å²) in [5.41, 5.74) is 1.13. The lowest BCUT2D eigenvalue weighted by Crippen LogP contribution is -2.05. The molecular weight excluding hydrogens is 306 g/mol. The summed E-state index contributed by atoms with van der Waals surface area (Å²) in [6.07, 6.45) is 0. The number of aryl methyl sites for hydroxylation is 2. The third kappa shape index (κ3) is 4.01. The van der Waals surface area contributed by atoms with Gasteiger partial charge in [-0.2, -0.15) is 0 Å². The molecule has 0 aliphatic carbocycles. The Balaban J connectivity index is 1.68. The lowest BCUT2D eigenvalue weighted by molar-refractivity contribution is 0.400. The SMILES string of the molecule is COc1ccc(CNc2cc(Nc3cc(C)on3)nc(C)n2)cc1. The first kappa shape index (κ1) is 15.8. The number of methoxy groups -OCH3 is 1. The Bertz CT molecular complexity index is 814. The van der Waals surface area contributed by atoms with Gasteiger partial charge in [-0.1, -0.05) is 17.3 Å². The molecule has 0 spiro atoms. The maximum Gasteiger partial charge on any atom is 0.175 e. The molecule has 0 fully saturated rings. The Morgan fingerprint density at radius 3 is 2.42 bits per heavy atom. The zero-order chi connectivity index (χ0) is 16.9. The van der Waals surface area contributed by atoms with Crippen LogP contribution in [0.5, 0.6) is 5.75 Å². The van der Waals surface area contributed by atoms with Crippen LogP contribution < -0.4 is 15.4 Å². The fourth-order valence-corrected chi connectivity index (χ4v) is 2.21. The highest BCUT2D eigenvalue weighted by atomic mass is 16.5. The Morgan fingerprint density at radius 1 is 1.00 bits per heavy atom. The molecule has 124 valence electrons. The van der Waals surface area contributed by atoms with Crippen LogP contribution in [0.4, 0.5) is 17.5 Å². The van der Waals surface area contributed by atoms with Crippen molar-refractivity contribution in [3.63, 3.8) is 0 Å². The molecule has 24 heavy (non-hydrogen) atoms. The highest BCUT2D eigenvalue weighted by molar-refractivity contribution is 5.56. The third-order valence-electron chi connectivity index (χ3n) is 3.35. The van der Waals surface area contributed by atoms with Crippen LogP contribution >= 0.6 is 0 Å². The summed E-state index contributed by atoms with van der Waals surface area (Å²) in [6.45, 7) is 4.34. The molecule has 7 nitrogen and oxygen atoms in total. The second-order valence-corrected chi connectivity index (χ2v) is 5.34. The molecule has 7 heteroatoms. The van der Waals surface area contributed by atoms with E-state index in [1.54, 1.807) is 7.11 Å². The van der Waals surface area contributed by atoms with Gasteiger partial charge in [-0.15, -0.1) is 0 Å². The quantitative estimate of drug-likeness (QED) is 0.718. The van der Waals surface area contributed by atoms with Crippen LogP contribution in [0.25, 0.3) is 0 Å². The van der Waals surface area contributed by atoms with E-state index in [0.717, 1.165) is 22.9 Å². The topological polar surface area (TPSA) is 85.1 Å². The minimum Gasteiger partial charge on any atom is -0.497 e. The van der Waals surface area contributed by atoms with Gasteiger partial charge in [-0.3, -0.25) is 0 Å². The van der Waals surface area contributed by atoms with Crippen molar-refractivity contribution < 1.29 is 9.26 Å². The van der Waals surface area contributed by atoms with Crippen molar-refractivity contribution in [1.29, 1.82) is 0 Å². The molecule has 3 aromatic rings. The van der Waals surface area contributed by atoms with E-state index in [-0.39, 0.29) is 0 Å². The predicted molar refractivity (Wildman–Crippen MR) is 91.6 cm³/mol. The number of nitrogens with one attached hydrogen (secondary N) is 2. The summed E-state index contributed by atoms with van der Waals surface area (Å²) in [5.74, 6) is 4.25. The fraction of sp³-hybridized carbons (Fsp3) is 0.235. The minimum atomic E-state index is 0.617. The third-order valence-corrected chi connectivity index (χ3v) is 3.35. The van der Waals surface area contributed by atoms with Gasteiger partial charge in [0.15, 0.2) is 5.82 Å². The molecule has 2 aromatic heterocycles. The van der Waals surface area contributed by atoms with Gasteiger partial charge in [-0.05, 0) is 31.5 Å². The molecule has 0 amide bonds. The van der Waals surface area contributed by atoms with Crippen LogP contribution in [0.1, 0.15) is 17.1 Å². The second-order valence-electron chi connectivity index (χ2n) is 5.34. The molecule has 0 saturated heterocycles. The minimum absolute atomic E-state index is 0.617. The number of ether oxygens (including phenoxy) is 1. The normalized spacial score (nSPS) is 10.5. The molecule has 2 N–H and O–H groups in total. The highest BCUT2D eigenvalue weighted by Gasteiger charge is 2.05. The number of hydrogen-bond donors (Lipinski definition) is 2. The van der Waals surface area contributed by atoms with Crippen molar-refractivity contribution >= 4 is 17.5 Å². The molecule has 0 atom stereocenters. The van der Waals surface area contributed by atoms with Gasteiger partial charge in [0.1, 0.15) is 29.0 Å². The Hall–Kier alpha value is -3.09. The maximum absolute atomic E-state index is 5.16. The lowest BCUT2D eigenvalue weighted by atomic mass is 10.2. The van der Waals surface area contributed by atoms with Crippen LogP contribution in [0.2, 0.25) is 0 Å². The maximum atomic E-state index is 5.16. The molecule has 0 saturated carbocycles. The van der Waals surface area contributed by atoms with Gasteiger partial charge in [0.05, 0.1) is 7.11 Å². The molecule has 0 bridgehead atoms. The molecule has 1 aromatic carbocycles. The van der Waals surface area contributed by atoms with Crippen LogP contribution in [-0.4, -0.2) is 22.2 Å². The van der Waals surface area contributed by atoms with Gasteiger partial charge in [0, 0.05) is 18.7 Å². The van der Waals surface area contributed by atoms with Crippen molar-refractivity contribution in [2.24, 2.45) is 0 Å². The molecular formula is C17H19N5O2. The summed E-state index contributed by atoms with van der Waals surface area (Å²) >= 11 is 0. The van der Waals surface area contributed by atoms with Gasteiger partial charge in [0.25, 0.3) is 0 Å². The van der Waals surface area contributed by atoms with E-state index < -0.39 is 0 Å². The van der Waals surface area contributed by atoms with E-state index in [9.17, 15) is 0 Å². The van der Waals surface area contributed by atoms with E-state index >= 15 is 0 Å². The number of nitrogens with zero attached hydrogens (tertiary/aromatic N) is 3. The summed E-state index contributed by atoms with van der Waals surface area (Å²) in [6, 6.07) is 11.5. The average Bonchev–Trinajstić information content (AvgIpc) is 2.98. The molecule has 0 radical (unpaired) electrons. The lowest BCUT2D eigenvalue weighted by Gasteiger charge is -2.09. The van der Waals surface area contributed by atoms with Crippen LogP contribution in [-0.2, 0) is 6.54 Å². The highest BCUT2D eigenvalue weighted by Crippen LogP contribution is 2.18. The molecule has 0 aliphatic rings. The number of rotatable bonds is 6. The molecule has 0 unspecified atom stereocenters. The molecule has 3 rings (SSSR count). The van der Waals surface area contributed by atoms with Crippen molar-refractivity contribution in [2.45, 2.75) is 20.4 Å². The van der Waals surface area contributed by atoms with Crippen LogP contribution in [0.3, 0.4) is 0 Å². The Morgan fingerprint density at radius 2 is 1.75 bits per heavy atom. The van der Waals surface area contributed by atoms with Crippen LogP contribution in [0, 0.1) is 13.8 Å². The van der Waals surface area contributed by atoms with Crippen LogP contribution in [0.15, 0.2) is 40.9 Å². The first-order valence-corrected chi connectivity index (χ1v) is 7.55. The summed E-state index contributed by atoms with van der Waals surface area (Å²) < 4.78 is 10.2. The zero-order valence-electron chi connectivity index (χ0n) is 13.8. The van der Waals surface area contributed by atoms with E-state index in [0.29, 0.717) is 24.0 Å². The first-order chi connectivity index (χ1) is 11.6. The second kappa shape index (κ2) is 6.99. The number of aromatic nitrogens is 3. The smallest absolute Gasteiger partial charge is 0.175 e. The standard InChI is InChI=1S/C17H19N5O2/c1-11-8-17(22-24-11)21-16-9-15(19-12(2)20-16)18-10-13-4-6-14(23-3)7-5-13/h4-9H,10H2,1-3H3,(H2,18,19,20,21,22). The number of hydrogen-bond acceptors (Lipinski definition) is 7. The summed E-state index contributed by atoms with van der Waals surface area (Å²) in [7, 11) is 1.65. The van der Waals surface area contributed by atoms with Gasteiger partial charge >= 0.3 is 0 Å². The summed E-state index contributed by atoms with van der Waals surface area (Å²) in [4.78, 5) is 8.75.